The number of ketones is 1. The van der Waals surface area contributed by atoms with Gasteiger partial charge in [-0.15, -0.1) is 0 Å². The second-order valence-electron chi connectivity index (χ2n) is 8.31. The van der Waals surface area contributed by atoms with Gasteiger partial charge in [0, 0.05) is 46.9 Å². The lowest BCUT2D eigenvalue weighted by Gasteiger charge is -2.29. The Kier molecular flexibility index (Phi) is 7.65. The van der Waals surface area contributed by atoms with Crippen molar-refractivity contribution in [1.82, 2.24) is 9.88 Å². The number of pyridine rings is 1. The van der Waals surface area contributed by atoms with E-state index in [1.807, 2.05) is 4.90 Å². The Bertz CT molecular complexity index is 1260. The first-order valence-corrected chi connectivity index (χ1v) is 12.0. The van der Waals surface area contributed by atoms with Crippen LogP contribution in [0.4, 0.5) is 14.6 Å². The van der Waals surface area contributed by atoms with Crippen LogP contribution < -0.4 is 5.32 Å². The molecule has 0 bridgehead atoms. The van der Waals surface area contributed by atoms with E-state index in [1.54, 1.807) is 36.4 Å². The molecule has 9 heteroatoms. The highest BCUT2D eigenvalue weighted by Gasteiger charge is 2.20. The number of carbonyl (C=O) groups excluding carboxylic acids is 2. The Balaban J connectivity index is 1.51. The number of benzene rings is 2. The first kappa shape index (κ1) is 24.7. The van der Waals surface area contributed by atoms with Crippen LogP contribution in [0.3, 0.4) is 0 Å². The summed E-state index contributed by atoms with van der Waals surface area (Å²) in [5.74, 6) is -2.74. The van der Waals surface area contributed by atoms with Crippen LogP contribution in [0.25, 0.3) is 0 Å². The van der Waals surface area contributed by atoms with Crippen LogP contribution in [-0.2, 0) is 6.42 Å². The fourth-order valence-corrected chi connectivity index (χ4v) is 4.20. The summed E-state index contributed by atoms with van der Waals surface area (Å²) in [6.07, 6.45) is 4.47. The summed E-state index contributed by atoms with van der Waals surface area (Å²) in [4.78, 5) is 31.8. The molecule has 0 saturated carbocycles. The zero-order valence-corrected chi connectivity index (χ0v) is 20.4. The summed E-state index contributed by atoms with van der Waals surface area (Å²) in [7, 11) is 0. The Morgan fingerprint density at radius 3 is 2.29 bits per heavy atom. The molecule has 6 nitrogen and oxygen atoms in total. The topological polar surface area (TPSA) is 86.1 Å². The first-order chi connectivity index (χ1) is 16.8. The molecule has 0 atom stereocenters. The number of halogens is 3. The normalized spacial score (nSPS) is 13.4. The molecule has 35 heavy (non-hydrogen) atoms. The van der Waals surface area contributed by atoms with Gasteiger partial charge < -0.3 is 10.2 Å². The van der Waals surface area contributed by atoms with E-state index in [0.29, 0.717) is 21.4 Å². The fourth-order valence-electron chi connectivity index (χ4n) is 3.97. The summed E-state index contributed by atoms with van der Waals surface area (Å²) < 4.78 is 28.7. The predicted octanol–water partition coefficient (Wildman–Crippen LogP) is 5.61. The highest BCUT2D eigenvalue weighted by atomic mass is 79.9. The number of piperidine rings is 1. The van der Waals surface area contributed by atoms with Gasteiger partial charge in [0.2, 0.25) is 0 Å². The van der Waals surface area contributed by atoms with E-state index < -0.39 is 17.5 Å². The lowest BCUT2D eigenvalue weighted by Crippen LogP contribution is -2.35. The van der Waals surface area contributed by atoms with Gasteiger partial charge in [0.15, 0.2) is 17.4 Å². The van der Waals surface area contributed by atoms with Crippen molar-refractivity contribution in [2.45, 2.75) is 25.7 Å². The van der Waals surface area contributed by atoms with Crippen LogP contribution in [0.2, 0.25) is 0 Å². The maximum Gasteiger partial charge on any atom is 0.257 e. The zero-order valence-electron chi connectivity index (χ0n) is 18.8. The number of hydrogen-bond donors (Lipinski definition) is 2. The fraction of sp³-hybridized carbons (Fsp3) is 0.231. The molecule has 0 aliphatic carbocycles. The third-order valence-electron chi connectivity index (χ3n) is 5.86. The summed E-state index contributed by atoms with van der Waals surface area (Å²) in [5, 5.41) is 11.0. The van der Waals surface area contributed by atoms with Crippen molar-refractivity contribution in [3.8, 4) is 0 Å². The average molecular weight is 541 g/mol. The number of hydrogen-bond acceptors (Lipinski definition) is 4. The molecular formula is C26H23BrF2N4O2. The molecule has 1 fully saturated rings. The lowest BCUT2D eigenvalue weighted by atomic mass is 9.97. The third kappa shape index (κ3) is 5.97. The molecule has 0 unspecified atom stereocenters. The van der Waals surface area contributed by atoms with E-state index >= 15 is 0 Å². The monoisotopic (exact) mass is 540 g/mol. The van der Waals surface area contributed by atoms with Crippen molar-refractivity contribution in [3.05, 3.63) is 93.1 Å². The maximum absolute atomic E-state index is 14.0. The molecular weight excluding hydrogens is 518 g/mol. The van der Waals surface area contributed by atoms with Gasteiger partial charge in [0.25, 0.3) is 5.91 Å². The minimum Gasteiger partial charge on any atom is -0.357 e. The van der Waals surface area contributed by atoms with Crippen molar-refractivity contribution < 1.29 is 18.4 Å². The molecule has 1 aliphatic heterocycles. The minimum atomic E-state index is -1.18. The van der Waals surface area contributed by atoms with Crippen molar-refractivity contribution in [1.29, 1.82) is 5.41 Å². The molecule has 1 aliphatic rings. The van der Waals surface area contributed by atoms with E-state index in [4.69, 9.17) is 5.41 Å². The van der Waals surface area contributed by atoms with Gasteiger partial charge in [-0.3, -0.25) is 15.0 Å². The predicted molar refractivity (Wildman–Crippen MR) is 133 cm³/mol. The summed E-state index contributed by atoms with van der Waals surface area (Å²) in [6, 6.07) is 11.5. The van der Waals surface area contributed by atoms with Gasteiger partial charge in [0.1, 0.15) is 11.7 Å². The van der Waals surface area contributed by atoms with E-state index in [0.717, 1.165) is 38.1 Å². The molecule has 1 amide bonds. The van der Waals surface area contributed by atoms with E-state index in [1.165, 1.54) is 12.6 Å². The van der Waals surface area contributed by atoms with Crippen molar-refractivity contribution in [2.24, 2.45) is 0 Å². The molecule has 1 saturated heterocycles. The number of nitrogens with one attached hydrogen (secondary N) is 2. The van der Waals surface area contributed by atoms with Crippen molar-refractivity contribution in [2.75, 3.05) is 18.4 Å². The molecule has 2 aromatic carbocycles. The van der Waals surface area contributed by atoms with Gasteiger partial charge in [-0.25, -0.2) is 13.8 Å². The van der Waals surface area contributed by atoms with Crippen LogP contribution in [0.1, 0.15) is 51.1 Å². The quantitative estimate of drug-likeness (QED) is 0.241. The number of amidine groups is 1. The molecule has 1 aromatic heterocycles. The molecule has 0 radical (unpaired) electrons. The van der Waals surface area contributed by atoms with E-state index in [9.17, 15) is 18.4 Å². The maximum atomic E-state index is 14.0. The smallest absolute Gasteiger partial charge is 0.257 e. The molecule has 180 valence electrons. The van der Waals surface area contributed by atoms with Gasteiger partial charge in [-0.1, -0.05) is 24.3 Å². The molecule has 3 aromatic rings. The number of nitrogens with zero attached hydrogens (tertiary/aromatic N) is 2. The number of likely N-dealkylation sites (tertiary alicyclic amines) is 1. The van der Waals surface area contributed by atoms with Crippen LogP contribution >= 0.6 is 15.9 Å². The lowest BCUT2D eigenvalue weighted by molar-refractivity contribution is 0.0992. The van der Waals surface area contributed by atoms with Crippen LogP contribution in [0.15, 0.2) is 59.2 Å². The summed E-state index contributed by atoms with van der Waals surface area (Å²) in [6.45, 7) is 1.69. The second kappa shape index (κ2) is 10.9. The minimum absolute atomic E-state index is 0.0636. The third-order valence-corrected chi connectivity index (χ3v) is 6.33. The first-order valence-electron chi connectivity index (χ1n) is 11.2. The number of amides is 1. The Hall–Kier alpha value is -3.46. The van der Waals surface area contributed by atoms with Gasteiger partial charge in [-0.05, 0) is 65.0 Å². The van der Waals surface area contributed by atoms with E-state index in [-0.39, 0.29) is 29.1 Å². The Labute approximate surface area is 210 Å². The SMILES string of the molecule is N=C(c1ccc(C(=O)Cc2cc(F)c(F)cc2C(=O)Nc2ccc(Br)cn2)cc1)N1CCCCC1. The standard InChI is InChI=1S/C26H23BrF2N4O2/c27-19-8-9-24(31-15-19)32-26(35)20-14-22(29)21(28)12-18(20)13-23(34)16-4-6-17(7-5-16)25(30)33-10-2-1-3-11-33/h4-9,12,14-15,30H,1-3,10-11,13H2,(H,31,32,35). The average Bonchev–Trinajstić information content (AvgIpc) is 2.87. The van der Waals surface area contributed by atoms with Crippen molar-refractivity contribution in [3.63, 3.8) is 0 Å². The summed E-state index contributed by atoms with van der Waals surface area (Å²) in [5.41, 5.74) is 0.975. The van der Waals surface area contributed by atoms with Crippen LogP contribution in [0.5, 0.6) is 0 Å². The van der Waals surface area contributed by atoms with Crippen molar-refractivity contribution >= 4 is 39.3 Å². The number of anilines is 1. The number of Topliss-reactive ketones (excluding diaryl/α,β-unsaturated/α-hetero) is 1. The van der Waals surface area contributed by atoms with E-state index in [2.05, 4.69) is 26.2 Å². The summed E-state index contributed by atoms with van der Waals surface area (Å²) >= 11 is 3.25. The molecule has 2 N–H and O–H groups in total. The highest BCUT2D eigenvalue weighted by molar-refractivity contribution is 9.10. The Morgan fingerprint density at radius 2 is 1.63 bits per heavy atom. The molecule has 2 heterocycles. The largest absolute Gasteiger partial charge is 0.357 e. The van der Waals surface area contributed by atoms with Gasteiger partial charge in [0.05, 0.1) is 0 Å². The van der Waals surface area contributed by atoms with Crippen LogP contribution in [0, 0.1) is 17.0 Å². The number of rotatable bonds is 6. The van der Waals surface area contributed by atoms with Gasteiger partial charge >= 0.3 is 0 Å². The number of aromatic nitrogens is 1. The Morgan fingerprint density at radius 1 is 0.971 bits per heavy atom. The molecule has 4 rings (SSSR count). The highest BCUT2D eigenvalue weighted by Crippen LogP contribution is 2.21. The van der Waals surface area contributed by atoms with Gasteiger partial charge in [-0.2, -0.15) is 0 Å². The second-order valence-corrected chi connectivity index (χ2v) is 9.23. The zero-order chi connectivity index (χ0) is 24.9. The number of carbonyl (C=O) groups is 2. The molecule has 0 spiro atoms. The van der Waals surface area contributed by atoms with Crippen LogP contribution in [-0.4, -0.2) is 40.5 Å².